The van der Waals surface area contributed by atoms with Crippen molar-refractivity contribution in [2.45, 2.75) is 57.0 Å². The van der Waals surface area contributed by atoms with Gasteiger partial charge in [0.1, 0.15) is 0 Å². The Hall–Kier alpha value is -1.53. The lowest BCUT2D eigenvalue weighted by atomic mass is 9.75. The Morgan fingerprint density at radius 3 is 2.41 bits per heavy atom. The van der Waals surface area contributed by atoms with Crippen molar-refractivity contribution in [3.8, 4) is 0 Å². The Kier molecular flexibility index (Phi) is 5.59. The fourth-order valence-corrected chi connectivity index (χ4v) is 4.62. The number of carbonyl (C=O) groups is 1. The molecule has 3 rings (SSSR count). The van der Waals surface area contributed by atoms with Crippen LogP contribution in [0.3, 0.4) is 0 Å². The molecular weight excluding hydrogens is 350 g/mol. The van der Waals surface area contributed by atoms with Crippen LogP contribution in [-0.2, 0) is 10.4 Å². The summed E-state index contributed by atoms with van der Waals surface area (Å²) in [4.78, 5) is 15.0. The van der Waals surface area contributed by atoms with Crippen LogP contribution in [0.25, 0.3) is 0 Å². The fourth-order valence-electron chi connectivity index (χ4n) is 4.62. The van der Waals surface area contributed by atoms with Crippen molar-refractivity contribution in [1.82, 2.24) is 4.90 Å². The summed E-state index contributed by atoms with van der Waals surface area (Å²) in [6.45, 7) is 3.82. The minimum Gasteiger partial charge on any atom is -0.375 e. The van der Waals surface area contributed by atoms with E-state index in [0.717, 1.165) is 19.3 Å². The molecular formula is C21H30F2N2O2. The van der Waals surface area contributed by atoms with Gasteiger partial charge in [0.25, 0.3) is 5.91 Å². The van der Waals surface area contributed by atoms with E-state index in [1.807, 2.05) is 0 Å². The largest absolute Gasteiger partial charge is 0.375 e. The highest BCUT2D eigenvalue weighted by Gasteiger charge is 2.54. The van der Waals surface area contributed by atoms with Gasteiger partial charge in [0.2, 0.25) is 5.92 Å². The molecule has 1 saturated heterocycles. The maximum absolute atomic E-state index is 13.9. The first-order valence-corrected chi connectivity index (χ1v) is 9.85. The monoisotopic (exact) mass is 380 g/mol. The van der Waals surface area contributed by atoms with Crippen LogP contribution in [0, 0.1) is 11.3 Å². The van der Waals surface area contributed by atoms with E-state index in [0.29, 0.717) is 25.2 Å². The number of likely N-dealkylation sites (tertiary alicyclic amines) is 1. The second-order valence-corrected chi connectivity index (χ2v) is 8.57. The molecule has 2 atom stereocenters. The molecule has 0 spiro atoms. The van der Waals surface area contributed by atoms with Gasteiger partial charge in [0.05, 0.1) is 0 Å². The molecule has 4 nitrogen and oxygen atoms in total. The molecule has 1 aromatic rings. The standard InChI is InChI=1S/C21H30F2N2O2/c1-19(9-12-24)10-13-25(14-11-19)18(26)21(27,16-5-3-2-4-6-16)17-7-8-20(22,23)15-17/h2-6,17,27H,7-15,24H2,1H3/t17-,21?/m1/s1. The van der Waals surface area contributed by atoms with Gasteiger partial charge in [-0.25, -0.2) is 8.78 Å². The SMILES string of the molecule is CC1(CCN)CCN(C(=O)C(O)(c2ccccc2)[C@@H]2CCC(F)(F)C2)CC1. The number of hydrogen-bond acceptors (Lipinski definition) is 3. The Labute approximate surface area is 159 Å². The Morgan fingerprint density at radius 2 is 1.89 bits per heavy atom. The van der Waals surface area contributed by atoms with E-state index in [1.54, 1.807) is 35.2 Å². The molecule has 6 heteroatoms. The highest BCUT2D eigenvalue weighted by molar-refractivity contribution is 5.87. The second-order valence-electron chi connectivity index (χ2n) is 8.57. The number of nitrogens with zero attached hydrogens (tertiary/aromatic N) is 1. The molecule has 0 bridgehead atoms. The van der Waals surface area contributed by atoms with E-state index >= 15 is 0 Å². The quantitative estimate of drug-likeness (QED) is 0.824. The maximum Gasteiger partial charge on any atom is 0.259 e. The molecule has 1 aliphatic carbocycles. The number of piperidine rings is 1. The van der Waals surface area contributed by atoms with E-state index in [2.05, 4.69) is 6.92 Å². The molecule has 1 unspecified atom stereocenters. The molecule has 1 saturated carbocycles. The summed E-state index contributed by atoms with van der Waals surface area (Å²) in [5, 5.41) is 11.5. The predicted molar refractivity (Wildman–Crippen MR) is 100 cm³/mol. The van der Waals surface area contributed by atoms with Gasteiger partial charge in [-0.05, 0) is 43.2 Å². The Bertz CT molecular complexity index is 659. The maximum atomic E-state index is 13.9. The van der Waals surface area contributed by atoms with Crippen LogP contribution in [0.5, 0.6) is 0 Å². The second kappa shape index (κ2) is 7.47. The molecule has 1 heterocycles. The van der Waals surface area contributed by atoms with Gasteiger partial charge in [-0.1, -0.05) is 37.3 Å². The van der Waals surface area contributed by atoms with E-state index in [-0.39, 0.29) is 18.3 Å². The lowest BCUT2D eigenvalue weighted by Gasteiger charge is -2.43. The average molecular weight is 380 g/mol. The molecule has 27 heavy (non-hydrogen) atoms. The number of benzene rings is 1. The number of carbonyl (C=O) groups excluding carboxylic acids is 1. The van der Waals surface area contributed by atoms with E-state index < -0.39 is 29.8 Å². The number of amides is 1. The number of alkyl halides is 2. The van der Waals surface area contributed by atoms with Crippen molar-refractivity contribution in [2.75, 3.05) is 19.6 Å². The van der Waals surface area contributed by atoms with Gasteiger partial charge in [0, 0.05) is 31.8 Å². The minimum absolute atomic E-state index is 0.0940. The lowest BCUT2D eigenvalue weighted by Crippen LogP contribution is -2.54. The summed E-state index contributed by atoms with van der Waals surface area (Å²) in [7, 11) is 0. The molecule has 2 fully saturated rings. The third-order valence-corrected chi connectivity index (χ3v) is 6.54. The molecule has 2 aliphatic rings. The van der Waals surface area contributed by atoms with Crippen LogP contribution < -0.4 is 5.73 Å². The number of aliphatic hydroxyl groups is 1. The van der Waals surface area contributed by atoms with Gasteiger partial charge in [-0.3, -0.25) is 4.79 Å². The van der Waals surface area contributed by atoms with E-state index in [4.69, 9.17) is 5.73 Å². The summed E-state index contributed by atoms with van der Waals surface area (Å²) in [6.07, 6.45) is 1.91. The summed E-state index contributed by atoms with van der Waals surface area (Å²) in [6, 6.07) is 8.58. The molecule has 0 radical (unpaired) electrons. The number of nitrogens with two attached hydrogens (primary N) is 1. The van der Waals surface area contributed by atoms with Crippen molar-refractivity contribution < 1.29 is 18.7 Å². The summed E-state index contributed by atoms with van der Waals surface area (Å²) in [5.41, 5.74) is 4.31. The number of hydrogen-bond donors (Lipinski definition) is 2. The first-order chi connectivity index (χ1) is 12.7. The predicted octanol–water partition coefficient (Wildman–Crippen LogP) is 3.29. The van der Waals surface area contributed by atoms with Crippen LogP contribution in [0.4, 0.5) is 8.78 Å². The normalized spacial score (nSPS) is 26.6. The van der Waals surface area contributed by atoms with Crippen LogP contribution in [0.15, 0.2) is 30.3 Å². The van der Waals surface area contributed by atoms with Crippen molar-refractivity contribution >= 4 is 5.91 Å². The van der Waals surface area contributed by atoms with Crippen molar-refractivity contribution in [2.24, 2.45) is 17.1 Å². The molecule has 1 amide bonds. The third kappa shape index (κ3) is 4.02. The average Bonchev–Trinajstić information content (AvgIpc) is 3.02. The molecule has 1 aliphatic heterocycles. The zero-order valence-electron chi connectivity index (χ0n) is 16.0. The van der Waals surface area contributed by atoms with Crippen molar-refractivity contribution in [3.63, 3.8) is 0 Å². The fraction of sp³-hybridized carbons (Fsp3) is 0.667. The molecule has 150 valence electrons. The van der Waals surface area contributed by atoms with Crippen LogP contribution >= 0.6 is 0 Å². The first kappa shape index (κ1) is 20.2. The summed E-state index contributed by atoms with van der Waals surface area (Å²) < 4.78 is 27.8. The third-order valence-electron chi connectivity index (χ3n) is 6.54. The smallest absolute Gasteiger partial charge is 0.259 e. The number of halogens is 2. The Balaban J connectivity index is 1.85. The van der Waals surface area contributed by atoms with E-state index in [9.17, 15) is 18.7 Å². The zero-order valence-corrected chi connectivity index (χ0v) is 16.0. The van der Waals surface area contributed by atoms with Crippen LogP contribution in [0.2, 0.25) is 0 Å². The summed E-state index contributed by atoms with van der Waals surface area (Å²) in [5.74, 6) is -4.04. The van der Waals surface area contributed by atoms with Crippen LogP contribution in [-0.4, -0.2) is 41.5 Å². The van der Waals surface area contributed by atoms with E-state index in [1.165, 1.54) is 0 Å². The van der Waals surface area contributed by atoms with Gasteiger partial charge < -0.3 is 15.7 Å². The van der Waals surface area contributed by atoms with Crippen LogP contribution in [0.1, 0.15) is 51.0 Å². The Morgan fingerprint density at radius 1 is 1.26 bits per heavy atom. The molecule has 1 aromatic carbocycles. The number of rotatable bonds is 5. The van der Waals surface area contributed by atoms with Gasteiger partial charge >= 0.3 is 0 Å². The van der Waals surface area contributed by atoms with Crippen molar-refractivity contribution in [1.29, 1.82) is 0 Å². The van der Waals surface area contributed by atoms with Gasteiger partial charge in [0.15, 0.2) is 5.60 Å². The topological polar surface area (TPSA) is 66.6 Å². The lowest BCUT2D eigenvalue weighted by molar-refractivity contribution is -0.162. The molecule has 0 aromatic heterocycles. The molecule has 3 N–H and O–H groups in total. The minimum atomic E-state index is -2.82. The highest BCUT2D eigenvalue weighted by Crippen LogP contribution is 2.48. The van der Waals surface area contributed by atoms with Gasteiger partial charge in [-0.15, -0.1) is 0 Å². The summed E-state index contributed by atoms with van der Waals surface area (Å²) >= 11 is 0. The first-order valence-electron chi connectivity index (χ1n) is 9.85. The highest BCUT2D eigenvalue weighted by atomic mass is 19.3. The van der Waals surface area contributed by atoms with Crippen molar-refractivity contribution in [3.05, 3.63) is 35.9 Å². The zero-order chi connectivity index (χ0) is 19.7. The van der Waals surface area contributed by atoms with Gasteiger partial charge in [-0.2, -0.15) is 0 Å².